The van der Waals surface area contributed by atoms with Gasteiger partial charge in [-0.2, -0.15) is 13.2 Å². The zero-order valence-electron chi connectivity index (χ0n) is 14.7. The van der Waals surface area contributed by atoms with E-state index in [0.717, 1.165) is 24.0 Å². The van der Waals surface area contributed by atoms with Crippen molar-refractivity contribution >= 4 is 28.3 Å². The summed E-state index contributed by atoms with van der Waals surface area (Å²) in [5.41, 5.74) is 1.90. The van der Waals surface area contributed by atoms with E-state index in [1.165, 1.54) is 6.07 Å². The average molecular weight is 382 g/mol. The van der Waals surface area contributed by atoms with Crippen molar-refractivity contribution in [3.05, 3.63) is 52.8 Å². The molecule has 0 fully saturated rings. The molecule has 3 rings (SSSR count). The van der Waals surface area contributed by atoms with Crippen molar-refractivity contribution in [2.24, 2.45) is 0 Å². The minimum absolute atomic E-state index is 0.285. The second-order valence-electron chi connectivity index (χ2n) is 6.07. The van der Waals surface area contributed by atoms with Gasteiger partial charge in [0.05, 0.1) is 21.6 Å². The standard InChI is InChI=1S/C19H19ClF3N3/c1-4-18-24-16-10-14(19(21,22)23)15(20)11-17(16)26(18)13-8-6-12(7-9-13)25(3)5-2/h6-11H,4-5H2,1-3H3. The van der Waals surface area contributed by atoms with Crippen LogP contribution in [0.1, 0.15) is 25.2 Å². The van der Waals surface area contributed by atoms with Crippen LogP contribution in [0.25, 0.3) is 16.7 Å². The molecular formula is C19H19ClF3N3. The van der Waals surface area contributed by atoms with Crippen LogP contribution in [0, 0.1) is 0 Å². The van der Waals surface area contributed by atoms with Crippen LogP contribution in [0.3, 0.4) is 0 Å². The molecule has 1 aromatic heterocycles. The van der Waals surface area contributed by atoms with Gasteiger partial charge >= 0.3 is 6.18 Å². The molecule has 0 N–H and O–H groups in total. The van der Waals surface area contributed by atoms with Crippen LogP contribution >= 0.6 is 11.6 Å². The molecule has 0 spiro atoms. The molecule has 0 amide bonds. The molecule has 0 atom stereocenters. The van der Waals surface area contributed by atoms with Crippen molar-refractivity contribution in [1.82, 2.24) is 9.55 Å². The zero-order valence-corrected chi connectivity index (χ0v) is 15.5. The Morgan fingerprint density at radius 3 is 2.31 bits per heavy atom. The van der Waals surface area contributed by atoms with Gasteiger partial charge < -0.3 is 4.90 Å². The summed E-state index contributed by atoms with van der Waals surface area (Å²) in [5.74, 6) is 0.687. The number of rotatable bonds is 4. The first-order valence-corrected chi connectivity index (χ1v) is 8.73. The van der Waals surface area contributed by atoms with E-state index in [1.54, 1.807) is 0 Å². The minimum Gasteiger partial charge on any atom is -0.375 e. The number of alkyl halides is 3. The lowest BCUT2D eigenvalue weighted by molar-refractivity contribution is -0.137. The number of nitrogens with zero attached hydrogens (tertiary/aromatic N) is 3. The Kier molecular flexibility index (Phi) is 4.88. The maximum absolute atomic E-state index is 13.1. The summed E-state index contributed by atoms with van der Waals surface area (Å²) in [7, 11) is 2.00. The van der Waals surface area contributed by atoms with Gasteiger partial charge in [-0.1, -0.05) is 18.5 Å². The molecule has 26 heavy (non-hydrogen) atoms. The summed E-state index contributed by atoms with van der Waals surface area (Å²) in [6.45, 7) is 4.86. The number of benzene rings is 2. The molecule has 0 aliphatic heterocycles. The van der Waals surface area contributed by atoms with E-state index < -0.39 is 11.7 Å². The largest absolute Gasteiger partial charge is 0.417 e. The van der Waals surface area contributed by atoms with E-state index in [1.807, 2.05) is 42.8 Å². The van der Waals surface area contributed by atoms with Crippen molar-refractivity contribution in [3.63, 3.8) is 0 Å². The molecule has 0 saturated heterocycles. The van der Waals surface area contributed by atoms with E-state index in [4.69, 9.17) is 11.6 Å². The minimum atomic E-state index is -4.51. The zero-order chi connectivity index (χ0) is 19.1. The van der Waals surface area contributed by atoms with Crippen molar-refractivity contribution in [1.29, 1.82) is 0 Å². The summed E-state index contributed by atoms with van der Waals surface area (Å²) >= 11 is 5.92. The van der Waals surface area contributed by atoms with Gasteiger partial charge in [0.1, 0.15) is 5.82 Å². The van der Waals surface area contributed by atoms with E-state index in [-0.39, 0.29) is 10.5 Å². The Hall–Kier alpha value is -2.21. The Labute approximate surface area is 155 Å². The molecule has 3 aromatic rings. The van der Waals surface area contributed by atoms with E-state index in [2.05, 4.69) is 16.8 Å². The maximum atomic E-state index is 13.1. The molecule has 7 heteroatoms. The van der Waals surface area contributed by atoms with Gasteiger partial charge in [0, 0.05) is 31.4 Å². The Bertz CT molecular complexity index is 930. The number of aryl methyl sites for hydroxylation is 1. The van der Waals surface area contributed by atoms with Crippen LogP contribution in [-0.2, 0) is 12.6 Å². The normalized spacial score (nSPS) is 12.0. The van der Waals surface area contributed by atoms with Crippen LogP contribution < -0.4 is 4.90 Å². The number of anilines is 1. The highest BCUT2D eigenvalue weighted by Gasteiger charge is 2.34. The first-order chi connectivity index (χ1) is 12.3. The van der Waals surface area contributed by atoms with Gasteiger partial charge in [-0.15, -0.1) is 0 Å². The molecule has 138 valence electrons. The monoisotopic (exact) mass is 381 g/mol. The van der Waals surface area contributed by atoms with Gasteiger partial charge in [0.25, 0.3) is 0 Å². The number of fused-ring (bicyclic) bond motifs is 1. The van der Waals surface area contributed by atoms with Crippen molar-refractivity contribution in [2.45, 2.75) is 26.4 Å². The topological polar surface area (TPSA) is 21.1 Å². The average Bonchev–Trinajstić information content (AvgIpc) is 2.97. The van der Waals surface area contributed by atoms with E-state index in [0.29, 0.717) is 17.8 Å². The molecule has 1 heterocycles. The molecule has 0 bridgehead atoms. The summed E-state index contributed by atoms with van der Waals surface area (Å²) in [4.78, 5) is 6.49. The van der Waals surface area contributed by atoms with Gasteiger partial charge in [-0.25, -0.2) is 4.98 Å². The van der Waals surface area contributed by atoms with Crippen molar-refractivity contribution in [3.8, 4) is 5.69 Å². The lowest BCUT2D eigenvalue weighted by Crippen LogP contribution is -2.15. The summed E-state index contributed by atoms with van der Waals surface area (Å²) in [6, 6.07) is 10.2. The van der Waals surface area contributed by atoms with Gasteiger partial charge in [0.2, 0.25) is 0 Å². The third-order valence-corrected chi connectivity index (χ3v) is 4.77. The third-order valence-electron chi connectivity index (χ3n) is 4.46. The highest BCUT2D eigenvalue weighted by Crippen LogP contribution is 2.37. The predicted octanol–water partition coefficient (Wildman–Crippen LogP) is 5.72. The fourth-order valence-electron chi connectivity index (χ4n) is 2.93. The number of imidazole rings is 1. The second-order valence-corrected chi connectivity index (χ2v) is 6.47. The summed E-state index contributed by atoms with van der Waals surface area (Å²) < 4.78 is 41.2. The smallest absolute Gasteiger partial charge is 0.375 e. The fourth-order valence-corrected chi connectivity index (χ4v) is 3.19. The number of hydrogen-bond donors (Lipinski definition) is 0. The molecule has 0 aliphatic rings. The highest BCUT2D eigenvalue weighted by molar-refractivity contribution is 6.32. The maximum Gasteiger partial charge on any atom is 0.417 e. The highest BCUT2D eigenvalue weighted by atomic mass is 35.5. The number of halogens is 4. The molecule has 0 aliphatic carbocycles. The Morgan fingerprint density at radius 2 is 1.77 bits per heavy atom. The second kappa shape index (κ2) is 6.83. The third kappa shape index (κ3) is 3.26. The van der Waals surface area contributed by atoms with Gasteiger partial charge in [-0.05, 0) is 43.3 Å². The number of aromatic nitrogens is 2. The Morgan fingerprint density at radius 1 is 1.12 bits per heavy atom. The van der Waals surface area contributed by atoms with E-state index in [9.17, 15) is 13.2 Å². The number of hydrogen-bond acceptors (Lipinski definition) is 2. The molecule has 0 unspecified atom stereocenters. The van der Waals surface area contributed by atoms with Gasteiger partial charge in [0.15, 0.2) is 0 Å². The van der Waals surface area contributed by atoms with Gasteiger partial charge in [-0.3, -0.25) is 4.57 Å². The molecule has 3 nitrogen and oxygen atoms in total. The lowest BCUT2D eigenvalue weighted by atomic mass is 10.2. The predicted molar refractivity (Wildman–Crippen MR) is 99.4 cm³/mol. The van der Waals surface area contributed by atoms with Crippen LogP contribution in [0.2, 0.25) is 5.02 Å². The lowest BCUT2D eigenvalue weighted by Gasteiger charge is -2.17. The van der Waals surface area contributed by atoms with Crippen LogP contribution in [-0.4, -0.2) is 23.1 Å². The molecular weight excluding hydrogens is 363 g/mol. The molecule has 0 saturated carbocycles. The quantitative estimate of drug-likeness (QED) is 0.576. The van der Waals surface area contributed by atoms with Crippen LogP contribution in [0.15, 0.2) is 36.4 Å². The van der Waals surface area contributed by atoms with Crippen LogP contribution in [0.4, 0.5) is 18.9 Å². The molecule has 0 radical (unpaired) electrons. The summed E-state index contributed by atoms with van der Waals surface area (Å²) in [6.07, 6.45) is -3.92. The first kappa shape index (κ1) is 18.6. The van der Waals surface area contributed by atoms with Crippen LogP contribution in [0.5, 0.6) is 0 Å². The SMILES string of the molecule is CCc1nc2cc(C(F)(F)F)c(Cl)cc2n1-c1ccc(N(C)CC)cc1. The Balaban J connectivity index is 2.17. The first-order valence-electron chi connectivity index (χ1n) is 8.35. The van der Waals surface area contributed by atoms with Crippen molar-refractivity contribution in [2.75, 3.05) is 18.5 Å². The summed E-state index contributed by atoms with van der Waals surface area (Å²) in [5, 5.41) is -0.323. The van der Waals surface area contributed by atoms with Crippen molar-refractivity contribution < 1.29 is 13.2 Å². The molecule has 2 aromatic carbocycles. The fraction of sp³-hybridized carbons (Fsp3) is 0.316. The van der Waals surface area contributed by atoms with E-state index >= 15 is 0 Å².